The number of hydrogen-bond acceptors (Lipinski definition) is 5. The molecule has 2 aromatic rings. The van der Waals surface area contributed by atoms with Gasteiger partial charge in [-0.3, -0.25) is 4.79 Å². The Hall–Kier alpha value is -1.86. The standard InChI is InChI=1S/C11H9ClN4O2S/c12-7-1-3-8(4-2-7)14-9(17)6-19-10-5-13-16-11(18)15-10/h1-5H,6H2,(H,14,17)(H,15,16,18). The van der Waals surface area contributed by atoms with Crippen LogP contribution in [0.3, 0.4) is 0 Å². The summed E-state index contributed by atoms with van der Waals surface area (Å²) in [5, 5.41) is 9.45. The van der Waals surface area contributed by atoms with E-state index in [1.807, 2.05) is 0 Å². The Labute approximate surface area is 117 Å². The lowest BCUT2D eigenvalue weighted by Crippen LogP contribution is -2.16. The number of aromatic nitrogens is 3. The first-order valence-corrected chi connectivity index (χ1v) is 6.60. The van der Waals surface area contributed by atoms with Gasteiger partial charge in [0, 0.05) is 10.7 Å². The zero-order valence-electron chi connectivity index (χ0n) is 9.59. The van der Waals surface area contributed by atoms with E-state index in [0.29, 0.717) is 15.7 Å². The van der Waals surface area contributed by atoms with Gasteiger partial charge in [0.15, 0.2) is 0 Å². The van der Waals surface area contributed by atoms with Gasteiger partial charge in [-0.2, -0.15) is 10.1 Å². The molecular formula is C11H9ClN4O2S. The highest BCUT2D eigenvalue weighted by Crippen LogP contribution is 2.15. The Kier molecular flexibility index (Phi) is 4.53. The highest BCUT2D eigenvalue weighted by molar-refractivity contribution is 7.99. The van der Waals surface area contributed by atoms with Gasteiger partial charge < -0.3 is 5.32 Å². The maximum absolute atomic E-state index is 11.7. The number of anilines is 1. The van der Waals surface area contributed by atoms with Gasteiger partial charge in [0.2, 0.25) is 5.91 Å². The summed E-state index contributed by atoms with van der Waals surface area (Å²) in [5.74, 6) is -0.0600. The van der Waals surface area contributed by atoms with Crippen molar-refractivity contribution in [1.82, 2.24) is 15.2 Å². The zero-order chi connectivity index (χ0) is 13.7. The van der Waals surface area contributed by atoms with Crippen LogP contribution in [0.15, 0.2) is 40.3 Å². The van der Waals surface area contributed by atoms with Crippen molar-refractivity contribution in [3.63, 3.8) is 0 Å². The van der Waals surface area contributed by atoms with E-state index in [-0.39, 0.29) is 11.7 Å². The number of H-pyrrole nitrogens is 1. The third-order valence-electron chi connectivity index (χ3n) is 2.03. The molecule has 0 aliphatic heterocycles. The summed E-state index contributed by atoms with van der Waals surface area (Å²) in [7, 11) is 0. The van der Waals surface area contributed by atoms with Crippen LogP contribution in [-0.4, -0.2) is 26.8 Å². The van der Waals surface area contributed by atoms with Crippen molar-refractivity contribution < 1.29 is 4.79 Å². The Morgan fingerprint density at radius 3 is 2.79 bits per heavy atom. The number of aromatic amines is 1. The normalized spacial score (nSPS) is 10.2. The van der Waals surface area contributed by atoms with Gasteiger partial charge in [-0.25, -0.2) is 9.89 Å². The van der Waals surface area contributed by atoms with Gasteiger partial charge >= 0.3 is 5.69 Å². The second kappa shape index (κ2) is 6.35. The van der Waals surface area contributed by atoms with Gasteiger partial charge in [0.1, 0.15) is 5.03 Å². The predicted octanol–water partition coefficient (Wildman–Crippen LogP) is 1.55. The largest absolute Gasteiger partial charge is 0.362 e. The molecule has 19 heavy (non-hydrogen) atoms. The van der Waals surface area contributed by atoms with Crippen LogP contribution in [-0.2, 0) is 4.79 Å². The van der Waals surface area contributed by atoms with Crippen molar-refractivity contribution >= 4 is 35.0 Å². The number of amides is 1. The maximum atomic E-state index is 11.7. The van der Waals surface area contributed by atoms with E-state index >= 15 is 0 Å². The minimum absolute atomic E-state index is 0.140. The lowest BCUT2D eigenvalue weighted by molar-refractivity contribution is -0.113. The number of carbonyl (C=O) groups excluding carboxylic acids is 1. The van der Waals surface area contributed by atoms with Gasteiger partial charge in [0.25, 0.3) is 0 Å². The third kappa shape index (κ3) is 4.38. The summed E-state index contributed by atoms with van der Waals surface area (Å²) in [6.45, 7) is 0. The summed E-state index contributed by atoms with van der Waals surface area (Å²) in [4.78, 5) is 26.2. The molecule has 1 amide bonds. The second-order valence-corrected chi connectivity index (χ2v) is 4.90. The van der Waals surface area contributed by atoms with E-state index in [1.165, 1.54) is 6.20 Å². The highest BCUT2D eigenvalue weighted by atomic mass is 35.5. The van der Waals surface area contributed by atoms with Gasteiger partial charge in [-0.1, -0.05) is 23.4 Å². The van der Waals surface area contributed by atoms with Crippen LogP contribution in [0.5, 0.6) is 0 Å². The van der Waals surface area contributed by atoms with E-state index in [0.717, 1.165) is 11.8 Å². The number of nitrogens with one attached hydrogen (secondary N) is 2. The molecule has 2 N–H and O–H groups in total. The molecule has 0 bridgehead atoms. The van der Waals surface area contributed by atoms with Crippen molar-refractivity contribution in [3.05, 3.63) is 46.0 Å². The fourth-order valence-corrected chi connectivity index (χ4v) is 1.99. The fourth-order valence-electron chi connectivity index (χ4n) is 1.24. The zero-order valence-corrected chi connectivity index (χ0v) is 11.2. The van der Waals surface area contributed by atoms with E-state index in [4.69, 9.17) is 11.6 Å². The average molecular weight is 297 g/mol. The minimum Gasteiger partial charge on any atom is -0.325 e. The fraction of sp³-hybridized carbons (Fsp3) is 0.0909. The number of hydrogen-bond donors (Lipinski definition) is 2. The SMILES string of the molecule is O=C(CSc1cn[nH]c(=O)n1)Nc1ccc(Cl)cc1. The van der Waals surface area contributed by atoms with Gasteiger partial charge in [-0.15, -0.1) is 0 Å². The quantitative estimate of drug-likeness (QED) is 0.836. The summed E-state index contributed by atoms with van der Waals surface area (Å²) in [5.41, 5.74) is 0.120. The Morgan fingerprint density at radius 2 is 2.11 bits per heavy atom. The average Bonchev–Trinajstić information content (AvgIpc) is 2.39. The highest BCUT2D eigenvalue weighted by Gasteiger charge is 2.05. The third-order valence-corrected chi connectivity index (χ3v) is 3.18. The molecule has 1 aromatic carbocycles. The molecule has 0 unspecified atom stereocenters. The van der Waals surface area contributed by atoms with Crippen molar-refractivity contribution in [2.75, 3.05) is 11.1 Å². The van der Waals surface area contributed by atoms with E-state index in [2.05, 4.69) is 20.5 Å². The number of thioether (sulfide) groups is 1. The van der Waals surface area contributed by atoms with Crippen molar-refractivity contribution in [3.8, 4) is 0 Å². The number of benzene rings is 1. The van der Waals surface area contributed by atoms with Crippen LogP contribution in [0.1, 0.15) is 0 Å². The Bertz CT molecular complexity index is 629. The van der Waals surface area contributed by atoms with Crippen LogP contribution in [0, 0.1) is 0 Å². The number of nitrogens with zero attached hydrogens (tertiary/aromatic N) is 2. The van der Waals surface area contributed by atoms with Crippen LogP contribution in [0.2, 0.25) is 5.02 Å². The lowest BCUT2D eigenvalue weighted by Gasteiger charge is -2.04. The molecule has 2 rings (SSSR count). The molecule has 1 aromatic heterocycles. The molecule has 0 spiro atoms. The monoisotopic (exact) mass is 296 g/mol. The maximum Gasteiger partial charge on any atom is 0.362 e. The van der Waals surface area contributed by atoms with Crippen molar-refractivity contribution in [2.45, 2.75) is 5.03 Å². The Morgan fingerprint density at radius 1 is 1.37 bits per heavy atom. The topological polar surface area (TPSA) is 87.7 Å². The van der Waals surface area contributed by atoms with Crippen LogP contribution >= 0.6 is 23.4 Å². The molecule has 0 aliphatic rings. The molecule has 1 heterocycles. The van der Waals surface area contributed by atoms with Crippen LogP contribution in [0.25, 0.3) is 0 Å². The van der Waals surface area contributed by atoms with E-state index < -0.39 is 5.69 Å². The molecule has 0 saturated carbocycles. The molecule has 0 radical (unpaired) electrons. The lowest BCUT2D eigenvalue weighted by atomic mass is 10.3. The van der Waals surface area contributed by atoms with E-state index in [1.54, 1.807) is 24.3 Å². The predicted molar refractivity (Wildman–Crippen MR) is 73.5 cm³/mol. The van der Waals surface area contributed by atoms with Gasteiger partial charge in [0.05, 0.1) is 11.9 Å². The summed E-state index contributed by atoms with van der Waals surface area (Å²) in [6.07, 6.45) is 1.39. The molecule has 0 aliphatic carbocycles. The smallest absolute Gasteiger partial charge is 0.325 e. The first kappa shape index (κ1) is 13.6. The molecule has 6 nitrogen and oxygen atoms in total. The Balaban J connectivity index is 1.88. The van der Waals surface area contributed by atoms with E-state index in [9.17, 15) is 9.59 Å². The second-order valence-electron chi connectivity index (χ2n) is 3.47. The summed E-state index contributed by atoms with van der Waals surface area (Å²) >= 11 is 6.87. The van der Waals surface area contributed by atoms with Gasteiger partial charge in [-0.05, 0) is 24.3 Å². The molecule has 0 saturated heterocycles. The number of carbonyl (C=O) groups is 1. The van der Waals surface area contributed by atoms with Crippen molar-refractivity contribution in [2.24, 2.45) is 0 Å². The van der Waals surface area contributed by atoms with Crippen LogP contribution in [0.4, 0.5) is 5.69 Å². The van der Waals surface area contributed by atoms with Crippen molar-refractivity contribution in [1.29, 1.82) is 0 Å². The molecule has 98 valence electrons. The number of halogens is 1. The molecular weight excluding hydrogens is 288 g/mol. The molecule has 8 heteroatoms. The first-order chi connectivity index (χ1) is 9.13. The first-order valence-electron chi connectivity index (χ1n) is 5.23. The summed E-state index contributed by atoms with van der Waals surface area (Å²) in [6, 6.07) is 6.79. The van der Waals surface area contributed by atoms with Crippen LogP contribution < -0.4 is 11.0 Å². The summed E-state index contributed by atoms with van der Waals surface area (Å²) < 4.78 is 0. The molecule has 0 fully saturated rings. The minimum atomic E-state index is -0.539. The molecule has 0 atom stereocenters. The number of rotatable bonds is 4.